The van der Waals surface area contributed by atoms with Gasteiger partial charge in [0.1, 0.15) is 0 Å². The highest BCUT2D eigenvalue weighted by Gasteiger charge is 2.10. The van der Waals surface area contributed by atoms with E-state index in [0.717, 1.165) is 11.4 Å². The lowest BCUT2D eigenvalue weighted by Crippen LogP contribution is -2.35. The molecule has 13 heavy (non-hydrogen) atoms. The molecular weight excluding hydrogens is 226 g/mol. The number of unbranched alkanes of at least 4 members (excludes halogenated alkanes) is 1. The van der Waals surface area contributed by atoms with E-state index < -0.39 is 0 Å². The molecule has 2 heteroatoms. The Labute approximate surface area is 92.0 Å². The van der Waals surface area contributed by atoms with Gasteiger partial charge in [-0.1, -0.05) is 42.6 Å². The zero-order chi connectivity index (χ0) is 10.1. The van der Waals surface area contributed by atoms with Crippen molar-refractivity contribution in [3.05, 3.63) is 0 Å². The van der Waals surface area contributed by atoms with E-state index in [2.05, 4.69) is 41.6 Å². The minimum atomic E-state index is 0.758. The SMILES string of the molecule is CCCCN(CCBr)C(C)CCC. The van der Waals surface area contributed by atoms with Crippen molar-refractivity contribution in [2.45, 2.75) is 52.5 Å². The van der Waals surface area contributed by atoms with Gasteiger partial charge in [-0.05, 0) is 26.3 Å². The average molecular weight is 250 g/mol. The van der Waals surface area contributed by atoms with E-state index in [9.17, 15) is 0 Å². The third kappa shape index (κ3) is 6.50. The summed E-state index contributed by atoms with van der Waals surface area (Å²) in [5.41, 5.74) is 0. The number of hydrogen-bond donors (Lipinski definition) is 0. The highest BCUT2D eigenvalue weighted by Crippen LogP contribution is 2.08. The summed E-state index contributed by atoms with van der Waals surface area (Å²) in [7, 11) is 0. The number of alkyl halides is 1. The first-order valence-corrected chi connectivity index (χ1v) is 6.68. The Morgan fingerprint density at radius 2 is 1.85 bits per heavy atom. The van der Waals surface area contributed by atoms with Crippen molar-refractivity contribution in [1.29, 1.82) is 0 Å². The fourth-order valence-electron chi connectivity index (χ4n) is 1.62. The lowest BCUT2D eigenvalue weighted by Gasteiger charge is -2.28. The standard InChI is InChI=1S/C11H24BrN/c1-4-6-9-13(10-8-12)11(3)7-5-2/h11H,4-10H2,1-3H3. The smallest absolute Gasteiger partial charge is 0.0159 e. The minimum absolute atomic E-state index is 0.758. The number of hydrogen-bond acceptors (Lipinski definition) is 1. The third-order valence-corrected chi connectivity index (χ3v) is 2.86. The Balaban J connectivity index is 3.75. The quantitative estimate of drug-likeness (QED) is 0.594. The van der Waals surface area contributed by atoms with Crippen molar-refractivity contribution in [3.8, 4) is 0 Å². The molecular formula is C11H24BrN. The van der Waals surface area contributed by atoms with Crippen molar-refractivity contribution < 1.29 is 0 Å². The van der Waals surface area contributed by atoms with E-state index >= 15 is 0 Å². The zero-order valence-corrected chi connectivity index (χ0v) is 10.9. The first-order chi connectivity index (χ1) is 6.26. The Hall–Kier alpha value is 0.440. The van der Waals surface area contributed by atoms with Gasteiger partial charge in [-0.2, -0.15) is 0 Å². The molecule has 0 aromatic carbocycles. The van der Waals surface area contributed by atoms with Gasteiger partial charge >= 0.3 is 0 Å². The molecule has 0 saturated heterocycles. The fraction of sp³-hybridized carbons (Fsp3) is 1.00. The van der Waals surface area contributed by atoms with Crippen LogP contribution in [0.1, 0.15) is 46.5 Å². The van der Waals surface area contributed by atoms with Crippen molar-refractivity contribution in [2.24, 2.45) is 0 Å². The van der Waals surface area contributed by atoms with E-state index in [-0.39, 0.29) is 0 Å². The molecule has 0 radical (unpaired) electrons. The van der Waals surface area contributed by atoms with Crippen molar-refractivity contribution in [2.75, 3.05) is 18.4 Å². The normalized spacial score (nSPS) is 13.6. The summed E-state index contributed by atoms with van der Waals surface area (Å²) in [6.07, 6.45) is 5.27. The van der Waals surface area contributed by atoms with Crippen molar-refractivity contribution in [1.82, 2.24) is 4.90 Å². The molecule has 1 nitrogen and oxygen atoms in total. The Kier molecular flexibility index (Phi) is 9.32. The van der Waals surface area contributed by atoms with Gasteiger partial charge < -0.3 is 0 Å². The molecule has 0 aliphatic heterocycles. The highest BCUT2D eigenvalue weighted by molar-refractivity contribution is 9.09. The lowest BCUT2D eigenvalue weighted by atomic mass is 10.1. The van der Waals surface area contributed by atoms with E-state index in [1.54, 1.807) is 0 Å². The van der Waals surface area contributed by atoms with E-state index in [1.807, 2.05) is 0 Å². The molecule has 0 saturated carbocycles. The molecule has 80 valence electrons. The molecule has 0 aromatic rings. The molecule has 0 aliphatic carbocycles. The van der Waals surface area contributed by atoms with Gasteiger partial charge in [0.25, 0.3) is 0 Å². The van der Waals surface area contributed by atoms with E-state index in [0.29, 0.717) is 0 Å². The summed E-state index contributed by atoms with van der Waals surface area (Å²) in [6.45, 7) is 9.34. The van der Waals surface area contributed by atoms with Gasteiger partial charge in [0.15, 0.2) is 0 Å². The van der Waals surface area contributed by atoms with Crippen LogP contribution in [0, 0.1) is 0 Å². The highest BCUT2D eigenvalue weighted by atomic mass is 79.9. The number of nitrogens with zero attached hydrogens (tertiary/aromatic N) is 1. The van der Waals surface area contributed by atoms with Crippen LogP contribution in [-0.4, -0.2) is 29.4 Å². The van der Waals surface area contributed by atoms with Gasteiger partial charge in [-0.3, -0.25) is 4.90 Å². The van der Waals surface area contributed by atoms with Gasteiger partial charge in [0.2, 0.25) is 0 Å². The number of halogens is 1. The Morgan fingerprint density at radius 3 is 2.31 bits per heavy atom. The number of rotatable bonds is 8. The topological polar surface area (TPSA) is 3.24 Å². The zero-order valence-electron chi connectivity index (χ0n) is 9.35. The average Bonchev–Trinajstić information content (AvgIpc) is 2.12. The molecule has 1 unspecified atom stereocenters. The third-order valence-electron chi connectivity index (χ3n) is 2.50. The maximum atomic E-state index is 3.52. The van der Waals surface area contributed by atoms with Crippen LogP contribution in [0.15, 0.2) is 0 Å². The maximum absolute atomic E-state index is 3.52. The fourth-order valence-corrected chi connectivity index (χ4v) is 2.08. The second kappa shape index (κ2) is 9.01. The van der Waals surface area contributed by atoms with E-state index in [1.165, 1.54) is 38.8 Å². The minimum Gasteiger partial charge on any atom is -0.300 e. The molecule has 0 bridgehead atoms. The van der Waals surface area contributed by atoms with Crippen LogP contribution in [0.3, 0.4) is 0 Å². The lowest BCUT2D eigenvalue weighted by molar-refractivity contribution is 0.208. The second-order valence-corrected chi connectivity index (χ2v) is 4.51. The van der Waals surface area contributed by atoms with Gasteiger partial charge in [-0.25, -0.2) is 0 Å². The predicted octanol–water partition coefficient (Wildman–Crippen LogP) is 3.67. The summed E-state index contributed by atoms with van der Waals surface area (Å²) in [6, 6.07) is 0.758. The first kappa shape index (κ1) is 13.4. The second-order valence-electron chi connectivity index (χ2n) is 3.72. The molecule has 0 rings (SSSR count). The van der Waals surface area contributed by atoms with Gasteiger partial charge in [0, 0.05) is 17.9 Å². The Bertz CT molecular complexity index is 106. The van der Waals surface area contributed by atoms with Crippen LogP contribution >= 0.6 is 15.9 Å². The molecule has 1 atom stereocenters. The summed E-state index contributed by atoms with van der Waals surface area (Å²) in [5.74, 6) is 0. The monoisotopic (exact) mass is 249 g/mol. The van der Waals surface area contributed by atoms with Crippen LogP contribution < -0.4 is 0 Å². The van der Waals surface area contributed by atoms with Crippen LogP contribution in [0.2, 0.25) is 0 Å². The molecule has 0 spiro atoms. The summed E-state index contributed by atoms with van der Waals surface area (Å²) in [4.78, 5) is 2.60. The molecule has 0 fully saturated rings. The van der Waals surface area contributed by atoms with Gasteiger partial charge in [-0.15, -0.1) is 0 Å². The molecule has 0 aromatic heterocycles. The summed E-state index contributed by atoms with van der Waals surface area (Å²) < 4.78 is 0. The molecule has 0 heterocycles. The molecule has 0 N–H and O–H groups in total. The van der Waals surface area contributed by atoms with Crippen LogP contribution in [0.25, 0.3) is 0 Å². The largest absolute Gasteiger partial charge is 0.300 e. The predicted molar refractivity (Wildman–Crippen MR) is 64.6 cm³/mol. The first-order valence-electron chi connectivity index (χ1n) is 5.56. The van der Waals surface area contributed by atoms with Crippen molar-refractivity contribution in [3.63, 3.8) is 0 Å². The molecule has 0 aliphatic rings. The van der Waals surface area contributed by atoms with E-state index in [4.69, 9.17) is 0 Å². The molecule has 0 amide bonds. The Morgan fingerprint density at radius 1 is 1.15 bits per heavy atom. The maximum Gasteiger partial charge on any atom is 0.0159 e. The van der Waals surface area contributed by atoms with Gasteiger partial charge in [0.05, 0.1) is 0 Å². The van der Waals surface area contributed by atoms with Crippen LogP contribution in [0.4, 0.5) is 0 Å². The van der Waals surface area contributed by atoms with Crippen molar-refractivity contribution >= 4 is 15.9 Å². The summed E-state index contributed by atoms with van der Waals surface area (Å²) in [5, 5.41) is 1.10. The van der Waals surface area contributed by atoms with Crippen LogP contribution in [-0.2, 0) is 0 Å². The summed E-state index contributed by atoms with van der Waals surface area (Å²) >= 11 is 3.52. The van der Waals surface area contributed by atoms with Crippen LogP contribution in [0.5, 0.6) is 0 Å².